The Bertz CT molecular complexity index is 582. The monoisotopic (exact) mass is 350 g/mol. The van der Waals surface area contributed by atoms with Gasteiger partial charge in [0.15, 0.2) is 0 Å². The molecule has 0 aromatic heterocycles. The first-order valence-electron chi connectivity index (χ1n) is 6.09. The fourth-order valence-corrected chi connectivity index (χ4v) is 3.17. The first-order chi connectivity index (χ1) is 8.70. The van der Waals surface area contributed by atoms with E-state index in [1.807, 2.05) is 0 Å². The Balaban J connectivity index is 2.16. The van der Waals surface area contributed by atoms with Crippen LogP contribution in [0.4, 0.5) is 17.1 Å². The number of hydrogen-bond donors (Lipinski definition) is 0. The molecule has 0 spiro atoms. The summed E-state index contributed by atoms with van der Waals surface area (Å²) < 4.78 is 2.29. The van der Waals surface area contributed by atoms with Gasteiger partial charge in [-0.2, -0.15) is 0 Å². The number of anilines is 3. The zero-order valence-corrected chi connectivity index (χ0v) is 12.6. The van der Waals surface area contributed by atoms with Gasteiger partial charge < -0.3 is 4.90 Å². The Hall–Kier alpha value is -1.23. The van der Waals surface area contributed by atoms with Crippen molar-refractivity contribution in [2.75, 3.05) is 8.01 Å². The highest BCUT2D eigenvalue weighted by Gasteiger charge is 2.32. The second-order valence-electron chi connectivity index (χ2n) is 4.59. The molecule has 0 unspecified atom stereocenters. The van der Waals surface area contributed by atoms with Crippen LogP contribution in [0.3, 0.4) is 0 Å². The third-order valence-corrected chi connectivity index (χ3v) is 4.77. The normalized spacial score (nSPS) is 18.1. The number of para-hydroxylation sites is 3. The lowest BCUT2D eigenvalue weighted by molar-refractivity contribution is 0.808. The Morgan fingerprint density at radius 3 is 2.11 bits per heavy atom. The summed E-state index contributed by atoms with van der Waals surface area (Å²) in [6.07, 6.45) is 0.337. The Morgan fingerprint density at radius 1 is 0.889 bits per heavy atom. The Kier molecular flexibility index (Phi) is 2.93. The molecule has 0 amide bonds. The van der Waals surface area contributed by atoms with Crippen LogP contribution in [0.1, 0.15) is 12.5 Å². The molecule has 0 saturated heterocycles. The van der Waals surface area contributed by atoms with Crippen molar-refractivity contribution in [3.63, 3.8) is 0 Å². The lowest BCUT2D eigenvalue weighted by atomic mass is 10.1. The summed E-state index contributed by atoms with van der Waals surface area (Å²) in [7, 11) is 0. The smallest absolute Gasteiger partial charge is 0.113 e. The molecule has 1 heterocycles. The van der Waals surface area contributed by atoms with E-state index in [-0.39, 0.29) is 0 Å². The lowest BCUT2D eigenvalue weighted by Crippen LogP contribution is -2.32. The molecule has 3 rings (SSSR count). The lowest BCUT2D eigenvalue weighted by Gasteiger charge is -2.27. The molecule has 92 valence electrons. The van der Waals surface area contributed by atoms with E-state index in [0.717, 1.165) is 0 Å². The number of halogens is 1. The summed E-state index contributed by atoms with van der Waals surface area (Å²) in [6.45, 7) is 4.40. The van der Waals surface area contributed by atoms with Crippen molar-refractivity contribution in [2.45, 2.75) is 20.0 Å². The fraction of sp³-hybridized carbons (Fsp3) is 0.200. The van der Waals surface area contributed by atoms with E-state index in [9.17, 15) is 0 Å². The minimum Gasteiger partial charge on any atom is -0.318 e. The Labute approximate surface area is 122 Å². The molecule has 0 fully saturated rings. The Morgan fingerprint density at radius 2 is 1.44 bits per heavy atom. The van der Waals surface area contributed by atoms with Gasteiger partial charge in [0.05, 0.1) is 34.2 Å². The molecule has 1 aliphatic heterocycles. The molecule has 2 nitrogen and oxygen atoms in total. The molecular formula is C15H15IN2. The first-order valence-corrected chi connectivity index (χ1v) is 7.05. The van der Waals surface area contributed by atoms with Crippen LogP contribution in [0.25, 0.3) is 0 Å². The molecule has 18 heavy (non-hydrogen) atoms. The number of nitrogens with zero attached hydrogens (tertiary/aromatic N) is 2. The maximum atomic E-state index is 2.40. The van der Waals surface area contributed by atoms with Gasteiger partial charge >= 0.3 is 0 Å². The summed E-state index contributed by atoms with van der Waals surface area (Å²) in [4.78, 5) is 2.40. The van der Waals surface area contributed by atoms with Gasteiger partial charge in [-0.25, -0.2) is 0 Å². The van der Waals surface area contributed by atoms with Gasteiger partial charge in [-0.3, -0.25) is 3.11 Å². The number of hydrogen-bond acceptors (Lipinski definition) is 2. The topological polar surface area (TPSA) is 6.48 Å². The average Bonchev–Trinajstić information content (AvgIpc) is 2.64. The standard InChI is InChI=1S/C15H15IN2/c1-11-7-3-4-8-13(11)17-12(2)18(16)15-10-6-5-9-14(15)17/h3-10,12H,1-2H3/t12-/m0/s1. The first kappa shape index (κ1) is 11.8. The molecule has 0 N–H and O–H groups in total. The number of aryl methyl sites for hydroxylation is 1. The van der Waals surface area contributed by atoms with Crippen LogP contribution in [0.5, 0.6) is 0 Å². The van der Waals surface area contributed by atoms with E-state index < -0.39 is 0 Å². The van der Waals surface area contributed by atoms with Gasteiger partial charge in [0.1, 0.15) is 6.17 Å². The van der Waals surface area contributed by atoms with E-state index >= 15 is 0 Å². The zero-order chi connectivity index (χ0) is 12.7. The van der Waals surface area contributed by atoms with Crippen molar-refractivity contribution in [1.29, 1.82) is 0 Å². The number of rotatable bonds is 1. The highest BCUT2D eigenvalue weighted by molar-refractivity contribution is 14.1. The fourth-order valence-electron chi connectivity index (χ4n) is 2.52. The van der Waals surface area contributed by atoms with E-state index in [1.54, 1.807) is 0 Å². The van der Waals surface area contributed by atoms with Gasteiger partial charge in [0.2, 0.25) is 0 Å². The van der Waals surface area contributed by atoms with E-state index in [2.05, 4.69) is 93.3 Å². The van der Waals surface area contributed by atoms with Gasteiger partial charge in [0.25, 0.3) is 0 Å². The van der Waals surface area contributed by atoms with Crippen molar-refractivity contribution >= 4 is 39.9 Å². The molecule has 0 bridgehead atoms. The van der Waals surface area contributed by atoms with Crippen LogP contribution in [0, 0.1) is 6.92 Å². The van der Waals surface area contributed by atoms with Gasteiger partial charge in [-0.15, -0.1) is 0 Å². The van der Waals surface area contributed by atoms with Gasteiger partial charge in [0, 0.05) is 5.69 Å². The van der Waals surface area contributed by atoms with E-state index in [4.69, 9.17) is 0 Å². The zero-order valence-electron chi connectivity index (χ0n) is 10.5. The molecule has 0 saturated carbocycles. The maximum Gasteiger partial charge on any atom is 0.113 e. The molecule has 1 aliphatic rings. The summed E-state index contributed by atoms with van der Waals surface area (Å²) >= 11 is 2.39. The predicted octanol–water partition coefficient (Wildman–Crippen LogP) is 4.65. The second kappa shape index (κ2) is 4.46. The molecule has 0 aliphatic carbocycles. The second-order valence-corrected chi connectivity index (χ2v) is 5.63. The van der Waals surface area contributed by atoms with Gasteiger partial charge in [-0.05, 0) is 37.6 Å². The molecule has 2 aromatic rings. The molecule has 2 aromatic carbocycles. The summed E-state index contributed by atoms with van der Waals surface area (Å²) in [5.74, 6) is 0. The van der Waals surface area contributed by atoms with Crippen molar-refractivity contribution in [1.82, 2.24) is 0 Å². The number of fused-ring (bicyclic) bond motifs is 1. The van der Waals surface area contributed by atoms with E-state index in [0.29, 0.717) is 6.17 Å². The molecular weight excluding hydrogens is 335 g/mol. The summed E-state index contributed by atoms with van der Waals surface area (Å²) in [6, 6.07) is 17.1. The minimum absolute atomic E-state index is 0.337. The largest absolute Gasteiger partial charge is 0.318 e. The highest BCUT2D eigenvalue weighted by atomic mass is 127. The average molecular weight is 350 g/mol. The number of benzene rings is 2. The van der Waals surface area contributed by atoms with Crippen LogP contribution in [0.15, 0.2) is 48.5 Å². The van der Waals surface area contributed by atoms with Crippen molar-refractivity contribution < 1.29 is 0 Å². The SMILES string of the molecule is Cc1ccccc1N1c2ccccc2N(I)[C@H]1C. The van der Waals surface area contributed by atoms with Crippen molar-refractivity contribution in [3.8, 4) is 0 Å². The van der Waals surface area contributed by atoms with E-state index in [1.165, 1.54) is 22.6 Å². The van der Waals surface area contributed by atoms with Crippen LogP contribution < -0.4 is 8.01 Å². The minimum atomic E-state index is 0.337. The molecule has 3 heteroatoms. The summed E-state index contributed by atoms with van der Waals surface area (Å²) in [5, 5.41) is 0. The third-order valence-electron chi connectivity index (χ3n) is 3.45. The van der Waals surface area contributed by atoms with Crippen LogP contribution in [0.2, 0.25) is 0 Å². The highest BCUT2D eigenvalue weighted by Crippen LogP contribution is 2.46. The van der Waals surface area contributed by atoms with Crippen LogP contribution in [-0.2, 0) is 0 Å². The van der Waals surface area contributed by atoms with Gasteiger partial charge in [-0.1, -0.05) is 30.3 Å². The van der Waals surface area contributed by atoms with Crippen LogP contribution >= 0.6 is 22.9 Å². The quantitative estimate of drug-likeness (QED) is 0.546. The molecule has 0 radical (unpaired) electrons. The van der Waals surface area contributed by atoms with Crippen molar-refractivity contribution in [3.05, 3.63) is 54.1 Å². The summed E-state index contributed by atoms with van der Waals surface area (Å²) in [5.41, 5.74) is 5.17. The predicted molar refractivity (Wildman–Crippen MR) is 85.7 cm³/mol. The van der Waals surface area contributed by atoms with Crippen LogP contribution in [-0.4, -0.2) is 6.17 Å². The third kappa shape index (κ3) is 1.68. The van der Waals surface area contributed by atoms with Crippen molar-refractivity contribution in [2.24, 2.45) is 0 Å². The maximum absolute atomic E-state index is 2.40. The molecule has 1 atom stereocenters.